The van der Waals surface area contributed by atoms with Crippen LogP contribution in [-0.4, -0.2) is 7.85 Å². The fourth-order valence-corrected chi connectivity index (χ4v) is 0.591. The van der Waals surface area contributed by atoms with E-state index in [0.717, 1.165) is 0 Å². The summed E-state index contributed by atoms with van der Waals surface area (Å²) in [5.41, 5.74) is -0.749. The van der Waals surface area contributed by atoms with Crippen LogP contribution in [0.4, 0.5) is 17.6 Å². The van der Waals surface area contributed by atoms with Crippen LogP contribution in [0, 0.1) is 23.3 Å². The molecular weight excluding hydrogens is 198 g/mol. The third kappa shape index (κ3) is 2.32. The molecule has 0 bridgehead atoms. The zero-order valence-corrected chi connectivity index (χ0v) is 9.29. The third-order valence-corrected chi connectivity index (χ3v) is 1.13. The molecule has 0 spiro atoms. The van der Waals surface area contributed by atoms with Crippen LogP contribution in [0.3, 0.4) is 0 Å². The molecule has 0 aliphatic rings. The molecule has 0 nitrogen and oxygen atoms in total. The second kappa shape index (κ2) is 4.76. The second-order valence-electron chi connectivity index (χ2n) is 1.89. The van der Waals surface area contributed by atoms with Crippen molar-refractivity contribution in [2.75, 3.05) is 0 Å². The van der Waals surface area contributed by atoms with Gasteiger partial charge in [-0.15, -0.1) is 0 Å². The quantitative estimate of drug-likeness (QED) is 0.197. The first-order valence-corrected chi connectivity index (χ1v) is 2.62. The molecule has 0 aliphatic carbocycles. The molecule has 3 radical (unpaired) electrons. The maximum absolute atomic E-state index is 12.3. The van der Waals surface area contributed by atoms with Crippen molar-refractivity contribution in [2.24, 2.45) is 0 Å². The summed E-state index contributed by atoms with van der Waals surface area (Å²) in [6.07, 6.45) is 0. The van der Waals surface area contributed by atoms with Crippen LogP contribution in [0.2, 0.25) is 0 Å². The summed E-state index contributed by atoms with van der Waals surface area (Å²) in [6, 6.07) is 0.383. The van der Waals surface area contributed by atoms with E-state index in [-0.39, 0.29) is 51.4 Å². The minimum Gasteiger partial charge on any atom is -0.576 e. The zero-order valence-electron chi connectivity index (χ0n) is 6.17. The van der Waals surface area contributed by atoms with Crippen LogP contribution in [0.15, 0.2) is 6.07 Å². The molecule has 0 N–H and O–H groups in total. The van der Waals surface area contributed by atoms with Gasteiger partial charge in [-0.1, -0.05) is 6.07 Å². The topological polar surface area (TPSA) is 0 Å². The molecule has 0 fully saturated rings. The van der Waals surface area contributed by atoms with Gasteiger partial charge in [0, 0.05) is 0 Å². The summed E-state index contributed by atoms with van der Waals surface area (Å²) in [5.74, 6) is -6.80. The molecule has 1 rings (SSSR count). The van der Waals surface area contributed by atoms with Crippen molar-refractivity contribution < 1.29 is 68.9 Å². The van der Waals surface area contributed by atoms with E-state index >= 15 is 0 Å². The Labute approximate surface area is 110 Å². The van der Waals surface area contributed by atoms with Gasteiger partial charge in [-0.05, 0) is 0 Å². The van der Waals surface area contributed by atoms with E-state index in [1.165, 1.54) is 0 Å². The SMILES string of the molecule is [B-]c1cc(F)c(F)c(F)c1F.[K+]. The normalized spacial score (nSPS) is 9.42. The molecule has 0 amide bonds. The van der Waals surface area contributed by atoms with E-state index < -0.39 is 28.7 Å². The predicted molar refractivity (Wildman–Crippen MR) is 31.7 cm³/mol. The summed E-state index contributed by atoms with van der Waals surface area (Å²) in [6.45, 7) is 0. The van der Waals surface area contributed by atoms with Crippen LogP contribution in [-0.2, 0) is 0 Å². The fourth-order valence-electron chi connectivity index (χ4n) is 0.591. The first kappa shape index (κ1) is 12.6. The van der Waals surface area contributed by atoms with Crippen LogP contribution in [0.1, 0.15) is 0 Å². The summed E-state index contributed by atoms with van der Waals surface area (Å²) >= 11 is 0. The Morgan fingerprint density at radius 3 is 1.92 bits per heavy atom. The van der Waals surface area contributed by atoms with Gasteiger partial charge in [0.2, 0.25) is 0 Å². The van der Waals surface area contributed by atoms with Crippen molar-refractivity contribution >= 4 is 13.3 Å². The fraction of sp³-hybridized carbons (Fsp3) is 0. The molecule has 0 saturated carbocycles. The molecule has 1 aromatic rings. The van der Waals surface area contributed by atoms with Crippen LogP contribution < -0.4 is 56.8 Å². The Hall–Kier alpha value is 0.641. The van der Waals surface area contributed by atoms with Crippen molar-refractivity contribution in [1.82, 2.24) is 0 Å². The molecule has 0 atom stereocenters. The van der Waals surface area contributed by atoms with Gasteiger partial charge in [0.15, 0.2) is 17.5 Å². The Kier molecular flexibility index (Phi) is 5.01. The molecule has 0 heterocycles. The Bertz CT molecular complexity index is 276. The van der Waals surface area contributed by atoms with Crippen LogP contribution in [0.5, 0.6) is 0 Å². The van der Waals surface area contributed by atoms with Gasteiger partial charge in [-0.3, -0.25) is 5.46 Å². The van der Waals surface area contributed by atoms with Crippen LogP contribution in [0.25, 0.3) is 0 Å². The van der Waals surface area contributed by atoms with Gasteiger partial charge >= 0.3 is 51.4 Å². The molecule has 0 saturated heterocycles. The van der Waals surface area contributed by atoms with Crippen molar-refractivity contribution in [2.45, 2.75) is 0 Å². The number of hydrogen-bond acceptors (Lipinski definition) is 0. The molecule has 0 aliphatic heterocycles. The van der Waals surface area contributed by atoms with Crippen LogP contribution >= 0.6 is 0 Å². The summed E-state index contributed by atoms with van der Waals surface area (Å²) < 4.78 is 48.7. The summed E-state index contributed by atoms with van der Waals surface area (Å²) in [7, 11) is 4.77. The maximum Gasteiger partial charge on any atom is 1.00 e. The molecule has 12 heavy (non-hydrogen) atoms. The van der Waals surface area contributed by atoms with E-state index in [9.17, 15) is 17.6 Å². The third-order valence-electron chi connectivity index (χ3n) is 1.13. The van der Waals surface area contributed by atoms with Gasteiger partial charge < -0.3 is 7.85 Å². The predicted octanol–water partition coefficient (Wildman–Crippen LogP) is -1.96. The first-order chi connectivity index (χ1) is 5.04. The average Bonchev–Trinajstić information content (AvgIpc) is 1.97. The van der Waals surface area contributed by atoms with E-state index in [4.69, 9.17) is 7.85 Å². The molecule has 57 valence electrons. The number of hydrogen-bond donors (Lipinski definition) is 0. The van der Waals surface area contributed by atoms with Gasteiger partial charge in [0.25, 0.3) is 0 Å². The van der Waals surface area contributed by atoms with Gasteiger partial charge in [0.1, 0.15) is 5.82 Å². The molecule has 6 heteroatoms. The van der Waals surface area contributed by atoms with E-state index in [1.807, 2.05) is 0 Å². The Morgan fingerprint density at radius 2 is 1.42 bits per heavy atom. The van der Waals surface area contributed by atoms with E-state index in [1.54, 1.807) is 0 Å². The molecule has 0 aromatic heterocycles. The minimum atomic E-state index is -1.89. The van der Waals surface area contributed by atoms with Crippen molar-refractivity contribution in [1.29, 1.82) is 0 Å². The standard InChI is InChI=1S/C6HBF4.K/c7-2-1-3(8)5(10)6(11)4(2)9;/h1H;/q-1;+1. The number of rotatable bonds is 0. The number of benzene rings is 1. The van der Waals surface area contributed by atoms with E-state index in [0.29, 0.717) is 6.07 Å². The van der Waals surface area contributed by atoms with Crippen molar-refractivity contribution in [3.8, 4) is 0 Å². The Balaban J connectivity index is 0.00000121. The largest absolute Gasteiger partial charge is 1.00 e. The first-order valence-electron chi connectivity index (χ1n) is 2.62. The smallest absolute Gasteiger partial charge is 0.576 e. The monoisotopic (exact) mass is 199 g/mol. The number of halogens is 4. The summed E-state index contributed by atoms with van der Waals surface area (Å²) in [4.78, 5) is 0. The van der Waals surface area contributed by atoms with Crippen molar-refractivity contribution in [3.63, 3.8) is 0 Å². The Morgan fingerprint density at radius 1 is 0.917 bits per heavy atom. The van der Waals surface area contributed by atoms with Gasteiger partial charge in [-0.25, -0.2) is 17.6 Å². The molecular formula is C6HBF4K. The molecule has 0 unspecified atom stereocenters. The molecule has 1 aromatic carbocycles. The average molecular weight is 199 g/mol. The zero-order chi connectivity index (χ0) is 8.59. The van der Waals surface area contributed by atoms with E-state index in [2.05, 4.69) is 0 Å². The maximum atomic E-state index is 12.3. The second-order valence-corrected chi connectivity index (χ2v) is 1.89. The van der Waals surface area contributed by atoms with Crippen molar-refractivity contribution in [3.05, 3.63) is 29.3 Å². The van der Waals surface area contributed by atoms with Gasteiger partial charge in [0.05, 0.1) is 0 Å². The van der Waals surface area contributed by atoms with Gasteiger partial charge in [-0.2, -0.15) is 0 Å². The summed E-state index contributed by atoms with van der Waals surface area (Å²) in [5, 5.41) is 0. The minimum absolute atomic E-state index is 0.